The minimum Gasteiger partial charge on any atom is -0.453 e. The van der Waals surface area contributed by atoms with E-state index in [9.17, 15) is 19.2 Å². The Labute approximate surface area is 231 Å². The van der Waals surface area contributed by atoms with Gasteiger partial charge >= 0.3 is 17.9 Å². The number of esters is 3. The second kappa shape index (κ2) is 16.3. The Morgan fingerprint density at radius 3 is 1.57 bits per heavy atom. The van der Waals surface area contributed by atoms with Gasteiger partial charge in [0, 0.05) is 23.8 Å². The van der Waals surface area contributed by atoms with Gasteiger partial charge in [0.05, 0.1) is 6.42 Å². The fourth-order valence-corrected chi connectivity index (χ4v) is 2.78. The molecule has 0 aromatic heterocycles. The quantitative estimate of drug-likeness (QED) is 0.106. The van der Waals surface area contributed by atoms with Crippen molar-refractivity contribution in [2.24, 2.45) is 0 Å². The Hall–Kier alpha value is -5.56. The van der Waals surface area contributed by atoms with E-state index in [0.717, 1.165) is 18.2 Å². The third-order valence-corrected chi connectivity index (χ3v) is 4.70. The summed E-state index contributed by atoms with van der Waals surface area (Å²) < 4.78 is 31.5. The van der Waals surface area contributed by atoms with Gasteiger partial charge in [-0.25, -0.2) is 14.4 Å². The van der Waals surface area contributed by atoms with Crippen LogP contribution in [0, 0.1) is 11.8 Å². The van der Waals surface area contributed by atoms with E-state index in [1.54, 1.807) is 36.4 Å². The predicted molar refractivity (Wildman–Crippen MR) is 144 cm³/mol. The van der Waals surface area contributed by atoms with Crippen LogP contribution in [0.25, 0.3) is 11.1 Å². The standard InChI is InChI=1S/C30H26O10/c1-5-24(31)11-9-10-21-12-14-22(15-13-21)23-16-25(35-18-37-27(32)6-2)30(40-20-39-29(34)8-4)26(17-23)36-19-38-28(33)7-3/h5-8,12-17H,1-4,11,18-20H2. The van der Waals surface area contributed by atoms with Crippen LogP contribution in [0.1, 0.15) is 12.0 Å². The van der Waals surface area contributed by atoms with Gasteiger partial charge in [0.1, 0.15) is 0 Å². The molecule has 2 aromatic carbocycles. The maximum absolute atomic E-state index is 11.5. The van der Waals surface area contributed by atoms with Crippen LogP contribution >= 0.6 is 0 Å². The molecular weight excluding hydrogens is 520 g/mol. The molecule has 0 unspecified atom stereocenters. The van der Waals surface area contributed by atoms with Crippen LogP contribution in [-0.2, 0) is 33.4 Å². The SMILES string of the molecule is C=CC(=O)CC#Cc1ccc(-c2cc(OCOC(=O)C=C)c(OCOC(=O)C=C)c(OCOC(=O)C=C)c2)cc1. The van der Waals surface area contributed by atoms with E-state index in [1.165, 1.54) is 6.08 Å². The summed E-state index contributed by atoms with van der Waals surface area (Å²) in [4.78, 5) is 45.8. The molecular formula is C30H26O10. The Kier molecular flexibility index (Phi) is 12.5. The smallest absolute Gasteiger partial charge is 0.333 e. The zero-order chi connectivity index (χ0) is 29.3. The molecule has 206 valence electrons. The highest BCUT2D eigenvalue weighted by Crippen LogP contribution is 2.42. The Bertz CT molecular complexity index is 1300. The van der Waals surface area contributed by atoms with Gasteiger partial charge in [0.15, 0.2) is 17.3 Å². The number of carbonyl (C=O) groups excluding carboxylic acids is 4. The molecule has 0 amide bonds. The fourth-order valence-electron chi connectivity index (χ4n) is 2.78. The number of carbonyl (C=O) groups is 4. The molecule has 0 saturated carbocycles. The summed E-state index contributed by atoms with van der Waals surface area (Å²) in [5, 5.41) is 0. The van der Waals surface area contributed by atoms with Crippen LogP contribution < -0.4 is 14.2 Å². The number of rotatable bonds is 15. The van der Waals surface area contributed by atoms with E-state index in [-0.39, 0.29) is 29.5 Å². The maximum atomic E-state index is 11.5. The van der Waals surface area contributed by atoms with E-state index in [1.807, 2.05) is 0 Å². The van der Waals surface area contributed by atoms with Crippen molar-refractivity contribution in [2.45, 2.75) is 6.42 Å². The Morgan fingerprint density at radius 1 is 0.650 bits per heavy atom. The third kappa shape index (κ3) is 10.1. The van der Waals surface area contributed by atoms with Gasteiger partial charge < -0.3 is 28.4 Å². The average Bonchev–Trinajstić information content (AvgIpc) is 2.97. The largest absolute Gasteiger partial charge is 0.453 e. The first kappa shape index (κ1) is 30.7. The number of allylic oxidation sites excluding steroid dienone is 1. The lowest BCUT2D eigenvalue weighted by atomic mass is 10.0. The minimum atomic E-state index is -0.738. The van der Waals surface area contributed by atoms with Crippen molar-refractivity contribution in [3.63, 3.8) is 0 Å². The van der Waals surface area contributed by atoms with Gasteiger partial charge in [0.2, 0.25) is 26.1 Å². The first-order valence-corrected chi connectivity index (χ1v) is 11.5. The molecule has 0 aliphatic heterocycles. The molecule has 0 aliphatic carbocycles. The van der Waals surface area contributed by atoms with E-state index in [0.29, 0.717) is 16.7 Å². The van der Waals surface area contributed by atoms with Crippen LogP contribution in [-0.4, -0.2) is 44.1 Å². The molecule has 0 saturated heterocycles. The molecule has 0 fully saturated rings. The normalized spacial score (nSPS) is 9.50. The van der Waals surface area contributed by atoms with Crippen LogP contribution in [0.5, 0.6) is 17.2 Å². The van der Waals surface area contributed by atoms with Crippen molar-refractivity contribution in [3.05, 3.63) is 92.6 Å². The van der Waals surface area contributed by atoms with E-state index >= 15 is 0 Å². The van der Waals surface area contributed by atoms with Crippen molar-refractivity contribution in [2.75, 3.05) is 20.4 Å². The number of hydrogen-bond acceptors (Lipinski definition) is 10. The van der Waals surface area contributed by atoms with Gasteiger partial charge in [-0.1, -0.05) is 50.3 Å². The van der Waals surface area contributed by atoms with Gasteiger partial charge in [-0.2, -0.15) is 0 Å². The molecule has 0 atom stereocenters. The molecule has 0 radical (unpaired) electrons. The van der Waals surface area contributed by atoms with Crippen LogP contribution in [0.2, 0.25) is 0 Å². The summed E-state index contributed by atoms with van der Waals surface area (Å²) in [5.74, 6) is 3.35. The predicted octanol–water partition coefficient (Wildman–Crippen LogP) is 4.05. The summed E-state index contributed by atoms with van der Waals surface area (Å²) in [6.07, 6.45) is 4.15. The Morgan fingerprint density at radius 2 is 1.12 bits per heavy atom. The van der Waals surface area contributed by atoms with E-state index < -0.39 is 38.3 Å². The molecule has 0 spiro atoms. The first-order chi connectivity index (χ1) is 19.3. The molecule has 0 aliphatic rings. The zero-order valence-electron chi connectivity index (χ0n) is 21.5. The topological polar surface area (TPSA) is 124 Å². The van der Waals surface area contributed by atoms with Crippen molar-refractivity contribution >= 4 is 23.7 Å². The molecule has 2 rings (SSSR count). The van der Waals surface area contributed by atoms with E-state index in [4.69, 9.17) is 28.4 Å². The number of ketones is 1. The number of ether oxygens (including phenoxy) is 6. The van der Waals surface area contributed by atoms with Gasteiger partial charge in [-0.05, 0) is 41.5 Å². The van der Waals surface area contributed by atoms with Gasteiger partial charge in [-0.3, -0.25) is 4.79 Å². The van der Waals surface area contributed by atoms with Gasteiger partial charge in [0.25, 0.3) is 0 Å². The maximum Gasteiger partial charge on any atom is 0.333 e. The van der Waals surface area contributed by atoms with Crippen molar-refractivity contribution < 1.29 is 47.6 Å². The average molecular weight is 547 g/mol. The highest BCUT2D eigenvalue weighted by atomic mass is 16.7. The lowest BCUT2D eigenvalue weighted by Gasteiger charge is -2.18. The molecule has 10 nitrogen and oxygen atoms in total. The molecule has 0 bridgehead atoms. The van der Waals surface area contributed by atoms with Crippen LogP contribution in [0.15, 0.2) is 87.0 Å². The number of benzene rings is 2. The third-order valence-electron chi connectivity index (χ3n) is 4.70. The monoisotopic (exact) mass is 546 g/mol. The summed E-state index contributed by atoms with van der Waals surface area (Å²) in [7, 11) is 0. The molecule has 0 heterocycles. The fraction of sp³-hybridized carbons (Fsp3) is 0.133. The molecule has 2 aromatic rings. The summed E-state index contributed by atoms with van der Waals surface area (Å²) >= 11 is 0. The zero-order valence-corrected chi connectivity index (χ0v) is 21.5. The summed E-state index contributed by atoms with van der Waals surface area (Å²) in [6.45, 7) is 11.8. The number of hydrogen-bond donors (Lipinski definition) is 0. The highest BCUT2D eigenvalue weighted by molar-refractivity contribution is 5.91. The molecule has 10 heteroatoms. The summed E-state index contributed by atoms with van der Waals surface area (Å²) in [6, 6.07) is 10.2. The second-order valence-electron chi connectivity index (χ2n) is 7.32. The van der Waals surface area contributed by atoms with Gasteiger partial charge in [-0.15, -0.1) is 0 Å². The highest BCUT2D eigenvalue weighted by Gasteiger charge is 2.18. The van der Waals surface area contributed by atoms with Crippen LogP contribution in [0.3, 0.4) is 0 Å². The minimum absolute atomic E-state index is 0.0423. The first-order valence-electron chi connectivity index (χ1n) is 11.5. The van der Waals surface area contributed by atoms with Crippen LogP contribution in [0.4, 0.5) is 0 Å². The van der Waals surface area contributed by atoms with Crippen molar-refractivity contribution in [3.8, 4) is 40.2 Å². The van der Waals surface area contributed by atoms with Crippen molar-refractivity contribution in [1.29, 1.82) is 0 Å². The lowest BCUT2D eigenvalue weighted by Crippen LogP contribution is -2.13. The molecule has 0 N–H and O–H groups in total. The molecule has 40 heavy (non-hydrogen) atoms. The summed E-state index contributed by atoms with van der Waals surface area (Å²) in [5.41, 5.74) is 1.93. The second-order valence-corrected chi connectivity index (χ2v) is 7.32. The van der Waals surface area contributed by atoms with E-state index in [2.05, 4.69) is 38.2 Å². The lowest BCUT2D eigenvalue weighted by molar-refractivity contribution is -0.146. The Balaban J connectivity index is 2.45. The van der Waals surface area contributed by atoms with Crippen molar-refractivity contribution in [1.82, 2.24) is 0 Å².